The van der Waals surface area contributed by atoms with Crippen LogP contribution < -0.4 is 21.1 Å². The first kappa shape index (κ1) is 15.2. The smallest absolute Gasteiger partial charge is 0.420 e. The van der Waals surface area contributed by atoms with E-state index in [4.69, 9.17) is 10.5 Å². The standard InChI is InChI=1S/C13H18N4O4/c14-7-10(18)17-13(20)21-12-11(19)9(3-6-16-12)8-1-4-15-5-2-8/h3,6,8,15,19H,1-2,4-5,7,14H2,(H,17,18,20). The van der Waals surface area contributed by atoms with Gasteiger partial charge in [0, 0.05) is 11.8 Å². The van der Waals surface area contributed by atoms with Crippen molar-refractivity contribution in [3.8, 4) is 11.6 Å². The van der Waals surface area contributed by atoms with Crippen LogP contribution >= 0.6 is 0 Å². The van der Waals surface area contributed by atoms with Gasteiger partial charge in [0.2, 0.25) is 5.91 Å². The molecule has 0 aromatic carbocycles. The Labute approximate surface area is 121 Å². The highest BCUT2D eigenvalue weighted by atomic mass is 16.6. The zero-order valence-corrected chi connectivity index (χ0v) is 11.5. The summed E-state index contributed by atoms with van der Waals surface area (Å²) in [6.07, 6.45) is 2.21. The van der Waals surface area contributed by atoms with Gasteiger partial charge in [-0.05, 0) is 37.9 Å². The lowest BCUT2D eigenvalue weighted by Gasteiger charge is -2.23. The number of carbonyl (C=O) groups is 2. The van der Waals surface area contributed by atoms with Gasteiger partial charge in [0.1, 0.15) is 0 Å². The minimum absolute atomic E-state index is 0.167. The van der Waals surface area contributed by atoms with Crippen LogP contribution in [0.3, 0.4) is 0 Å². The van der Waals surface area contributed by atoms with Crippen molar-refractivity contribution in [1.82, 2.24) is 15.6 Å². The third-order valence-corrected chi connectivity index (χ3v) is 3.32. The van der Waals surface area contributed by atoms with Crippen LogP contribution in [0, 0.1) is 0 Å². The Balaban J connectivity index is 2.10. The molecule has 1 aromatic rings. The lowest BCUT2D eigenvalue weighted by Crippen LogP contribution is -2.37. The Morgan fingerprint density at radius 2 is 2.19 bits per heavy atom. The largest absolute Gasteiger partial charge is 0.503 e. The van der Waals surface area contributed by atoms with Gasteiger partial charge in [-0.15, -0.1) is 0 Å². The number of piperidine rings is 1. The highest BCUT2D eigenvalue weighted by Gasteiger charge is 2.22. The molecule has 0 unspecified atom stereocenters. The van der Waals surface area contributed by atoms with Gasteiger partial charge in [0.05, 0.1) is 6.54 Å². The maximum absolute atomic E-state index is 11.5. The van der Waals surface area contributed by atoms with Crippen molar-refractivity contribution in [1.29, 1.82) is 0 Å². The van der Waals surface area contributed by atoms with Crippen LogP contribution in [0.1, 0.15) is 24.3 Å². The molecule has 0 radical (unpaired) electrons. The summed E-state index contributed by atoms with van der Waals surface area (Å²) >= 11 is 0. The predicted molar refractivity (Wildman–Crippen MR) is 74.0 cm³/mol. The third kappa shape index (κ3) is 3.89. The second-order valence-corrected chi connectivity index (χ2v) is 4.72. The molecule has 8 nitrogen and oxygen atoms in total. The number of nitrogens with two attached hydrogens (primary N) is 1. The molecular weight excluding hydrogens is 276 g/mol. The lowest BCUT2D eigenvalue weighted by atomic mass is 9.90. The van der Waals surface area contributed by atoms with Crippen molar-refractivity contribution >= 4 is 12.0 Å². The van der Waals surface area contributed by atoms with Gasteiger partial charge in [-0.2, -0.15) is 0 Å². The Hall–Kier alpha value is -2.19. The van der Waals surface area contributed by atoms with Crippen LogP contribution in [-0.2, 0) is 4.79 Å². The Kier molecular flexibility index (Phi) is 5.07. The molecule has 0 spiro atoms. The number of carbonyl (C=O) groups excluding carboxylic acids is 2. The zero-order valence-electron chi connectivity index (χ0n) is 11.5. The quantitative estimate of drug-likeness (QED) is 0.609. The van der Waals surface area contributed by atoms with Crippen molar-refractivity contribution in [3.63, 3.8) is 0 Å². The maximum atomic E-state index is 11.5. The number of pyridine rings is 1. The summed E-state index contributed by atoms with van der Waals surface area (Å²) in [5, 5.41) is 15.3. The first-order chi connectivity index (χ1) is 10.1. The number of nitrogens with zero attached hydrogens (tertiary/aromatic N) is 1. The normalized spacial score (nSPS) is 15.5. The monoisotopic (exact) mass is 294 g/mol. The molecule has 1 aliphatic heterocycles. The molecule has 1 fully saturated rings. The predicted octanol–water partition coefficient (Wildman–Crippen LogP) is -0.172. The van der Waals surface area contributed by atoms with E-state index >= 15 is 0 Å². The molecule has 1 saturated heterocycles. The molecule has 2 heterocycles. The van der Waals surface area contributed by atoms with Crippen molar-refractivity contribution in [2.24, 2.45) is 5.73 Å². The van der Waals surface area contributed by atoms with Gasteiger partial charge in [0.25, 0.3) is 5.88 Å². The van der Waals surface area contributed by atoms with Crippen LogP contribution in [0.4, 0.5) is 4.79 Å². The highest BCUT2D eigenvalue weighted by molar-refractivity contribution is 5.93. The summed E-state index contributed by atoms with van der Waals surface area (Å²) in [5.74, 6) is -0.868. The Morgan fingerprint density at radius 3 is 2.86 bits per heavy atom. The number of hydrogen-bond acceptors (Lipinski definition) is 7. The fourth-order valence-corrected chi connectivity index (χ4v) is 2.26. The first-order valence-electron chi connectivity index (χ1n) is 6.72. The van der Waals surface area contributed by atoms with Crippen molar-refractivity contribution < 1.29 is 19.4 Å². The van der Waals surface area contributed by atoms with Crippen molar-refractivity contribution in [2.75, 3.05) is 19.6 Å². The SMILES string of the molecule is NCC(=O)NC(=O)Oc1nccc(C2CCNCC2)c1O. The molecule has 2 rings (SSSR count). The number of aromatic hydroxyl groups is 1. The van der Waals surface area contributed by atoms with E-state index in [2.05, 4.69) is 10.3 Å². The summed E-state index contributed by atoms with van der Waals surface area (Å²) in [5.41, 5.74) is 5.77. The van der Waals surface area contributed by atoms with Crippen LogP contribution in [0.25, 0.3) is 0 Å². The van der Waals surface area contributed by atoms with E-state index in [1.165, 1.54) is 6.20 Å². The van der Waals surface area contributed by atoms with E-state index in [1.807, 2.05) is 5.32 Å². The second-order valence-electron chi connectivity index (χ2n) is 4.72. The fourth-order valence-electron chi connectivity index (χ4n) is 2.26. The number of hydrogen-bond donors (Lipinski definition) is 4. The fraction of sp³-hybridized carbons (Fsp3) is 0.462. The van der Waals surface area contributed by atoms with Gasteiger partial charge < -0.3 is 20.9 Å². The van der Waals surface area contributed by atoms with Gasteiger partial charge in [-0.1, -0.05) is 0 Å². The summed E-state index contributed by atoms with van der Waals surface area (Å²) in [6, 6.07) is 1.71. The molecule has 21 heavy (non-hydrogen) atoms. The first-order valence-corrected chi connectivity index (χ1v) is 6.72. The van der Waals surface area contributed by atoms with E-state index in [-0.39, 0.29) is 24.1 Å². The highest BCUT2D eigenvalue weighted by Crippen LogP contribution is 2.36. The molecule has 0 bridgehead atoms. The molecule has 2 amide bonds. The number of aromatic nitrogens is 1. The average molecular weight is 294 g/mol. The summed E-state index contributed by atoms with van der Waals surface area (Å²) < 4.78 is 4.85. The summed E-state index contributed by atoms with van der Waals surface area (Å²) in [6.45, 7) is 1.41. The number of amides is 2. The summed E-state index contributed by atoms with van der Waals surface area (Å²) in [4.78, 5) is 26.3. The van der Waals surface area contributed by atoms with Gasteiger partial charge in [-0.25, -0.2) is 9.78 Å². The number of nitrogens with one attached hydrogen (secondary N) is 2. The molecule has 1 aromatic heterocycles. The van der Waals surface area contributed by atoms with Crippen LogP contribution in [0.5, 0.6) is 11.6 Å². The van der Waals surface area contributed by atoms with E-state index in [0.717, 1.165) is 25.9 Å². The number of rotatable bonds is 3. The van der Waals surface area contributed by atoms with E-state index < -0.39 is 12.0 Å². The molecule has 0 atom stereocenters. The minimum Gasteiger partial charge on any atom is -0.503 e. The molecular formula is C13H18N4O4. The zero-order chi connectivity index (χ0) is 15.2. The van der Waals surface area contributed by atoms with Crippen molar-refractivity contribution in [2.45, 2.75) is 18.8 Å². The minimum atomic E-state index is -1.02. The van der Waals surface area contributed by atoms with Gasteiger partial charge in [-0.3, -0.25) is 10.1 Å². The lowest BCUT2D eigenvalue weighted by molar-refractivity contribution is -0.118. The Morgan fingerprint density at radius 1 is 1.48 bits per heavy atom. The Bertz CT molecular complexity index is 529. The molecule has 114 valence electrons. The van der Waals surface area contributed by atoms with Crippen LogP contribution in [0.2, 0.25) is 0 Å². The van der Waals surface area contributed by atoms with E-state index in [0.29, 0.717) is 5.56 Å². The average Bonchev–Trinajstić information content (AvgIpc) is 2.50. The molecule has 0 aliphatic carbocycles. The molecule has 1 aliphatic rings. The van der Waals surface area contributed by atoms with Gasteiger partial charge >= 0.3 is 6.09 Å². The molecule has 8 heteroatoms. The van der Waals surface area contributed by atoms with Gasteiger partial charge in [0.15, 0.2) is 5.75 Å². The number of ether oxygens (including phenoxy) is 1. The summed E-state index contributed by atoms with van der Waals surface area (Å²) in [7, 11) is 0. The second kappa shape index (κ2) is 7.00. The number of imide groups is 1. The third-order valence-electron chi connectivity index (χ3n) is 3.32. The maximum Gasteiger partial charge on any atom is 0.420 e. The molecule has 0 saturated carbocycles. The van der Waals surface area contributed by atoms with E-state index in [1.54, 1.807) is 6.07 Å². The van der Waals surface area contributed by atoms with Crippen LogP contribution in [-0.4, -0.2) is 41.7 Å². The topological polar surface area (TPSA) is 127 Å². The van der Waals surface area contributed by atoms with Crippen LogP contribution in [0.15, 0.2) is 12.3 Å². The van der Waals surface area contributed by atoms with Crippen molar-refractivity contribution in [3.05, 3.63) is 17.8 Å². The van der Waals surface area contributed by atoms with E-state index in [9.17, 15) is 14.7 Å². The molecule has 5 N–H and O–H groups in total.